The highest BCUT2D eigenvalue weighted by molar-refractivity contribution is 5.97. The molecule has 4 nitrogen and oxygen atoms in total. The van der Waals surface area contributed by atoms with Gasteiger partial charge in [0.05, 0.1) is 6.04 Å². The molecule has 0 radical (unpaired) electrons. The normalized spacial score (nSPS) is 21.6. The lowest BCUT2D eigenvalue weighted by molar-refractivity contribution is -0.122. The molecule has 1 saturated heterocycles. The van der Waals surface area contributed by atoms with Crippen LogP contribution in [-0.4, -0.2) is 24.3 Å². The molecule has 0 saturated carbocycles. The second-order valence-electron chi connectivity index (χ2n) is 3.88. The Bertz CT molecular complexity index is 390. The van der Waals surface area contributed by atoms with Crippen LogP contribution < -0.4 is 11.1 Å². The maximum absolute atomic E-state index is 11.0. The van der Waals surface area contributed by atoms with Crippen molar-refractivity contribution in [2.24, 2.45) is 10.7 Å². The molecule has 1 amide bonds. The SMILES string of the molecule is NC(=NC1CCC(=O)NC1)c1ccccc1. The van der Waals surface area contributed by atoms with Gasteiger partial charge >= 0.3 is 0 Å². The van der Waals surface area contributed by atoms with Gasteiger partial charge in [0, 0.05) is 18.5 Å². The average molecular weight is 217 g/mol. The molecule has 84 valence electrons. The van der Waals surface area contributed by atoms with Crippen molar-refractivity contribution < 1.29 is 4.79 Å². The Kier molecular flexibility index (Phi) is 3.19. The van der Waals surface area contributed by atoms with Gasteiger partial charge in [0.15, 0.2) is 0 Å². The molecule has 1 aromatic rings. The first-order valence-electron chi connectivity index (χ1n) is 5.41. The molecule has 16 heavy (non-hydrogen) atoms. The third kappa shape index (κ3) is 2.59. The van der Waals surface area contributed by atoms with Gasteiger partial charge in [0.25, 0.3) is 0 Å². The zero-order chi connectivity index (χ0) is 11.4. The van der Waals surface area contributed by atoms with Gasteiger partial charge in [-0.3, -0.25) is 9.79 Å². The van der Waals surface area contributed by atoms with Crippen LogP contribution in [0.3, 0.4) is 0 Å². The number of nitrogens with two attached hydrogens (primary N) is 1. The standard InChI is InChI=1S/C12H15N3O/c13-12(9-4-2-1-3-5-9)15-10-6-7-11(16)14-8-10/h1-5,10H,6-8H2,(H2,13,15)(H,14,16). The fourth-order valence-corrected chi connectivity index (χ4v) is 1.71. The maximum atomic E-state index is 11.0. The van der Waals surface area contributed by atoms with Gasteiger partial charge in [-0.25, -0.2) is 0 Å². The third-order valence-corrected chi connectivity index (χ3v) is 2.63. The van der Waals surface area contributed by atoms with Crippen molar-refractivity contribution in [3.63, 3.8) is 0 Å². The van der Waals surface area contributed by atoms with Crippen LogP contribution >= 0.6 is 0 Å². The summed E-state index contributed by atoms with van der Waals surface area (Å²) in [7, 11) is 0. The predicted molar refractivity (Wildman–Crippen MR) is 63.2 cm³/mol. The lowest BCUT2D eigenvalue weighted by Crippen LogP contribution is -2.38. The molecule has 1 heterocycles. The first-order valence-corrected chi connectivity index (χ1v) is 5.41. The lowest BCUT2D eigenvalue weighted by Gasteiger charge is -2.19. The van der Waals surface area contributed by atoms with Crippen molar-refractivity contribution >= 4 is 11.7 Å². The highest BCUT2D eigenvalue weighted by Crippen LogP contribution is 2.08. The molecular formula is C12H15N3O. The number of carbonyl (C=O) groups is 1. The summed E-state index contributed by atoms with van der Waals surface area (Å²) >= 11 is 0. The van der Waals surface area contributed by atoms with Gasteiger partial charge in [0.1, 0.15) is 5.84 Å². The molecule has 1 aromatic carbocycles. The first kappa shape index (κ1) is 10.7. The van der Waals surface area contributed by atoms with E-state index in [1.165, 1.54) is 0 Å². The summed E-state index contributed by atoms with van der Waals surface area (Å²) in [5.41, 5.74) is 6.83. The van der Waals surface area contributed by atoms with Gasteiger partial charge in [0.2, 0.25) is 5.91 Å². The van der Waals surface area contributed by atoms with E-state index in [2.05, 4.69) is 10.3 Å². The smallest absolute Gasteiger partial charge is 0.220 e. The van der Waals surface area contributed by atoms with Crippen LogP contribution in [-0.2, 0) is 4.79 Å². The quantitative estimate of drug-likeness (QED) is 0.565. The predicted octanol–water partition coefficient (Wildman–Crippen LogP) is 0.670. The van der Waals surface area contributed by atoms with Crippen LogP contribution in [0.5, 0.6) is 0 Å². The number of amidine groups is 1. The molecule has 1 aliphatic rings. The molecule has 1 atom stereocenters. The Morgan fingerprint density at radius 3 is 2.75 bits per heavy atom. The molecule has 1 fully saturated rings. The van der Waals surface area contributed by atoms with E-state index < -0.39 is 0 Å². The number of hydrogen-bond acceptors (Lipinski definition) is 2. The fraction of sp³-hybridized carbons (Fsp3) is 0.333. The van der Waals surface area contributed by atoms with E-state index in [0.717, 1.165) is 12.0 Å². The number of amides is 1. The van der Waals surface area contributed by atoms with E-state index in [1.807, 2.05) is 30.3 Å². The number of benzene rings is 1. The highest BCUT2D eigenvalue weighted by Gasteiger charge is 2.17. The summed E-state index contributed by atoms with van der Waals surface area (Å²) in [5, 5.41) is 2.79. The number of aliphatic imine (C=N–C) groups is 1. The summed E-state index contributed by atoms with van der Waals surface area (Å²) in [5.74, 6) is 0.645. The topological polar surface area (TPSA) is 67.5 Å². The Hall–Kier alpha value is -1.84. The summed E-state index contributed by atoms with van der Waals surface area (Å²) < 4.78 is 0. The summed E-state index contributed by atoms with van der Waals surface area (Å²) in [6.07, 6.45) is 1.32. The molecule has 1 unspecified atom stereocenters. The largest absolute Gasteiger partial charge is 0.383 e. The lowest BCUT2D eigenvalue weighted by atomic mass is 10.1. The molecule has 0 bridgehead atoms. The summed E-state index contributed by atoms with van der Waals surface area (Å²) in [6.45, 7) is 0.590. The van der Waals surface area contributed by atoms with E-state index in [9.17, 15) is 4.79 Å². The molecule has 0 aliphatic carbocycles. The Morgan fingerprint density at radius 2 is 2.12 bits per heavy atom. The number of carbonyl (C=O) groups excluding carboxylic acids is 1. The van der Waals surface area contributed by atoms with Crippen molar-refractivity contribution in [2.45, 2.75) is 18.9 Å². The Labute approximate surface area is 94.6 Å². The van der Waals surface area contributed by atoms with Gasteiger partial charge in [-0.2, -0.15) is 0 Å². The van der Waals surface area contributed by atoms with Gasteiger partial charge in [-0.05, 0) is 6.42 Å². The summed E-state index contributed by atoms with van der Waals surface area (Å²) in [6, 6.07) is 9.77. The molecule has 2 rings (SSSR count). The van der Waals surface area contributed by atoms with Crippen molar-refractivity contribution in [1.29, 1.82) is 0 Å². The van der Waals surface area contributed by atoms with Crippen LogP contribution in [0.2, 0.25) is 0 Å². The molecular weight excluding hydrogens is 202 g/mol. The van der Waals surface area contributed by atoms with Crippen LogP contribution in [0.4, 0.5) is 0 Å². The summed E-state index contributed by atoms with van der Waals surface area (Å²) in [4.78, 5) is 15.4. The van der Waals surface area contributed by atoms with E-state index in [4.69, 9.17) is 5.73 Å². The van der Waals surface area contributed by atoms with Crippen molar-refractivity contribution in [3.8, 4) is 0 Å². The van der Waals surface area contributed by atoms with Crippen molar-refractivity contribution in [1.82, 2.24) is 5.32 Å². The monoisotopic (exact) mass is 217 g/mol. The molecule has 0 spiro atoms. The first-order chi connectivity index (χ1) is 7.75. The minimum absolute atomic E-state index is 0.102. The molecule has 0 aromatic heterocycles. The molecule has 4 heteroatoms. The number of rotatable bonds is 2. The molecule has 3 N–H and O–H groups in total. The van der Waals surface area contributed by atoms with Crippen molar-refractivity contribution in [3.05, 3.63) is 35.9 Å². The van der Waals surface area contributed by atoms with Crippen molar-refractivity contribution in [2.75, 3.05) is 6.54 Å². The van der Waals surface area contributed by atoms with Gasteiger partial charge in [-0.1, -0.05) is 30.3 Å². The van der Waals surface area contributed by atoms with Gasteiger partial charge in [-0.15, -0.1) is 0 Å². The number of piperidine rings is 1. The highest BCUT2D eigenvalue weighted by atomic mass is 16.1. The van der Waals surface area contributed by atoms with E-state index in [1.54, 1.807) is 0 Å². The van der Waals surface area contributed by atoms with Gasteiger partial charge < -0.3 is 11.1 Å². The van der Waals surface area contributed by atoms with E-state index in [0.29, 0.717) is 18.8 Å². The second-order valence-corrected chi connectivity index (χ2v) is 3.88. The Morgan fingerprint density at radius 1 is 1.38 bits per heavy atom. The van der Waals surface area contributed by atoms with E-state index >= 15 is 0 Å². The van der Waals surface area contributed by atoms with Crippen LogP contribution in [0, 0.1) is 0 Å². The van der Waals surface area contributed by atoms with Crippen LogP contribution in [0.1, 0.15) is 18.4 Å². The third-order valence-electron chi connectivity index (χ3n) is 2.63. The molecule has 1 aliphatic heterocycles. The van der Waals surface area contributed by atoms with Crippen LogP contribution in [0.25, 0.3) is 0 Å². The second kappa shape index (κ2) is 4.79. The van der Waals surface area contributed by atoms with E-state index in [-0.39, 0.29) is 11.9 Å². The number of hydrogen-bond donors (Lipinski definition) is 2. The zero-order valence-electron chi connectivity index (χ0n) is 9.02. The van der Waals surface area contributed by atoms with Crippen LogP contribution in [0.15, 0.2) is 35.3 Å². The minimum Gasteiger partial charge on any atom is -0.383 e. The number of nitrogens with zero attached hydrogens (tertiary/aromatic N) is 1. The minimum atomic E-state index is 0.102. The maximum Gasteiger partial charge on any atom is 0.220 e. The average Bonchev–Trinajstić information content (AvgIpc) is 2.33. The zero-order valence-corrected chi connectivity index (χ0v) is 9.02. The fourth-order valence-electron chi connectivity index (χ4n) is 1.71. The Balaban J connectivity index is 2.04. The number of nitrogens with one attached hydrogen (secondary N) is 1.